The summed E-state index contributed by atoms with van der Waals surface area (Å²) >= 11 is 18.4. The van der Waals surface area contributed by atoms with Gasteiger partial charge in [-0.2, -0.15) is 0 Å². The number of likely N-dealkylation sites (tertiary alicyclic amines) is 1. The van der Waals surface area contributed by atoms with Crippen LogP contribution in [0.3, 0.4) is 0 Å². The zero-order valence-corrected chi connectivity index (χ0v) is 18.7. The summed E-state index contributed by atoms with van der Waals surface area (Å²) in [6.45, 7) is 0.441. The third-order valence-corrected chi connectivity index (χ3v) is 5.73. The second-order valence-electron chi connectivity index (χ2n) is 7.16. The molecule has 3 rings (SSSR count). The van der Waals surface area contributed by atoms with Crippen LogP contribution in [0.15, 0.2) is 36.4 Å². The molecule has 0 saturated carbocycles. The first kappa shape index (κ1) is 22.4. The Morgan fingerprint density at radius 3 is 2.40 bits per heavy atom. The molecule has 158 valence electrons. The summed E-state index contributed by atoms with van der Waals surface area (Å²) in [5.74, 6) is -0.907. The first-order valence-electron chi connectivity index (χ1n) is 9.27. The van der Waals surface area contributed by atoms with Gasteiger partial charge >= 0.3 is 0 Å². The second kappa shape index (κ2) is 9.25. The van der Waals surface area contributed by atoms with Crippen molar-refractivity contribution in [2.24, 2.45) is 0 Å². The quantitative estimate of drug-likeness (QED) is 0.713. The van der Waals surface area contributed by atoms with Crippen molar-refractivity contribution in [1.82, 2.24) is 9.80 Å². The van der Waals surface area contributed by atoms with Crippen molar-refractivity contribution in [3.8, 4) is 0 Å². The van der Waals surface area contributed by atoms with Gasteiger partial charge in [0, 0.05) is 31.4 Å². The highest BCUT2D eigenvalue weighted by Crippen LogP contribution is 2.28. The molecule has 2 aromatic rings. The van der Waals surface area contributed by atoms with Gasteiger partial charge in [-0.3, -0.25) is 14.4 Å². The van der Waals surface area contributed by atoms with E-state index in [1.54, 1.807) is 38.4 Å². The minimum Gasteiger partial charge on any atom is -0.345 e. The van der Waals surface area contributed by atoms with Crippen LogP contribution in [-0.2, 0) is 4.79 Å². The topological polar surface area (TPSA) is 69.7 Å². The SMILES string of the molecule is CN(C)C(=O)c1ccc(NC(=O)C2CCCN2C(=O)c2cc(Cl)ccc2Cl)cc1Cl. The lowest BCUT2D eigenvalue weighted by atomic mass is 10.1. The monoisotopic (exact) mass is 467 g/mol. The lowest BCUT2D eigenvalue weighted by molar-refractivity contribution is -0.119. The average Bonchev–Trinajstić information content (AvgIpc) is 3.19. The Morgan fingerprint density at radius 1 is 1.00 bits per heavy atom. The van der Waals surface area contributed by atoms with E-state index in [-0.39, 0.29) is 33.3 Å². The number of hydrogen-bond acceptors (Lipinski definition) is 3. The Balaban J connectivity index is 1.76. The molecule has 1 atom stereocenters. The molecule has 30 heavy (non-hydrogen) atoms. The van der Waals surface area contributed by atoms with Crippen LogP contribution >= 0.6 is 34.8 Å². The number of hydrogen-bond donors (Lipinski definition) is 1. The van der Waals surface area contributed by atoms with Gasteiger partial charge in [0.15, 0.2) is 0 Å². The summed E-state index contributed by atoms with van der Waals surface area (Å²) in [6, 6.07) is 8.70. The Hall–Kier alpha value is -2.28. The number of rotatable bonds is 4. The number of benzene rings is 2. The van der Waals surface area contributed by atoms with E-state index in [4.69, 9.17) is 34.8 Å². The highest BCUT2D eigenvalue weighted by molar-refractivity contribution is 6.36. The highest BCUT2D eigenvalue weighted by Gasteiger charge is 2.35. The minimum atomic E-state index is -0.644. The molecule has 0 radical (unpaired) electrons. The van der Waals surface area contributed by atoms with E-state index in [9.17, 15) is 14.4 Å². The lowest BCUT2D eigenvalue weighted by Crippen LogP contribution is -2.43. The first-order valence-corrected chi connectivity index (χ1v) is 10.4. The number of carbonyl (C=O) groups excluding carboxylic acids is 3. The first-order chi connectivity index (χ1) is 14.2. The van der Waals surface area contributed by atoms with Crippen molar-refractivity contribution in [3.63, 3.8) is 0 Å². The molecule has 0 spiro atoms. The number of amides is 3. The molecule has 0 aromatic heterocycles. The van der Waals surface area contributed by atoms with Crippen LogP contribution in [0.1, 0.15) is 33.6 Å². The molecule has 1 fully saturated rings. The summed E-state index contributed by atoms with van der Waals surface area (Å²) in [5, 5.41) is 3.69. The van der Waals surface area contributed by atoms with Crippen molar-refractivity contribution in [2.75, 3.05) is 26.0 Å². The number of nitrogens with one attached hydrogen (secondary N) is 1. The number of halogens is 3. The molecular weight excluding hydrogens is 449 g/mol. The summed E-state index contributed by atoms with van der Waals surface area (Å²) in [7, 11) is 3.26. The van der Waals surface area contributed by atoms with Crippen LogP contribution in [0, 0.1) is 0 Å². The Morgan fingerprint density at radius 2 is 1.73 bits per heavy atom. The highest BCUT2D eigenvalue weighted by atomic mass is 35.5. The number of nitrogens with zero attached hydrogens (tertiary/aromatic N) is 2. The van der Waals surface area contributed by atoms with E-state index in [0.29, 0.717) is 35.7 Å². The molecule has 1 heterocycles. The maximum atomic E-state index is 13.0. The van der Waals surface area contributed by atoms with Gasteiger partial charge in [-0.1, -0.05) is 34.8 Å². The summed E-state index contributed by atoms with van der Waals surface area (Å²) in [4.78, 5) is 40.9. The molecule has 1 unspecified atom stereocenters. The van der Waals surface area contributed by atoms with Crippen molar-refractivity contribution < 1.29 is 14.4 Å². The summed E-state index contributed by atoms with van der Waals surface area (Å²) in [5.41, 5.74) is 1.05. The van der Waals surface area contributed by atoms with Crippen LogP contribution < -0.4 is 5.32 Å². The molecule has 6 nitrogen and oxygen atoms in total. The van der Waals surface area contributed by atoms with Gasteiger partial charge in [0.05, 0.1) is 21.2 Å². The van der Waals surface area contributed by atoms with Gasteiger partial charge in [0.2, 0.25) is 5.91 Å². The lowest BCUT2D eigenvalue weighted by Gasteiger charge is -2.24. The zero-order valence-electron chi connectivity index (χ0n) is 16.4. The standard InChI is InChI=1S/C21H20Cl3N3O3/c1-26(2)20(29)14-7-6-13(11-17(14)24)25-19(28)18-4-3-9-27(18)21(30)15-10-12(22)5-8-16(15)23/h5-8,10-11,18H,3-4,9H2,1-2H3,(H,25,28). The average molecular weight is 469 g/mol. The van der Waals surface area contributed by atoms with Crippen molar-refractivity contribution in [3.05, 3.63) is 62.6 Å². The van der Waals surface area contributed by atoms with Crippen LogP contribution in [0.25, 0.3) is 0 Å². The number of carbonyl (C=O) groups is 3. The maximum Gasteiger partial charge on any atom is 0.256 e. The van der Waals surface area contributed by atoms with E-state index in [1.807, 2.05) is 0 Å². The molecule has 1 saturated heterocycles. The van der Waals surface area contributed by atoms with Crippen molar-refractivity contribution in [1.29, 1.82) is 0 Å². The van der Waals surface area contributed by atoms with Crippen LogP contribution in [0.2, 0.25) is 15.1 Å². The summed E-state index contributed by atoms with van der Waals surface area (Å²) < 4.78 is 0. The summed E-state index contributed by atoms with van der Waals surface area (Å²) in [6.07, 6.45) is 1.22. The largest absolute Gasteiger partial charge is 0.345 e. The smallest absolute Gasteiger partial charge is 0.256 e. The molecule has 3 amide bonds. The van der Waals surface area contributed by atoms with Gasteiger partial charge in [0.1, 0.15) is 6.04 Å². The van der Waals surface area contributed by atoms with E-state index in [0.717, 1.165) is 0 Å². The molecule has 9 heteroatoms. The van der Waals surface area contributed by atoms with Crippen LogP contribution in [0.5, 0.6) is 0 Å². The third-order valence-electron chi connectivity index (χ3n) is 4.85. The fraction of sp³-hybridized carbons (Fsp3) is 0.286. The van der Waals surface area contributed by atoms with Gasteiger partial charge < -0.3 is 15.1 Å². The van der Waals surface area contributed by atoms with E-state index >= 15 is 0 Å². The molecule has 0 bridgehead atoms. The van der Waals surface area contributed by atoms with Gasteiger partial charge in [-0.05, 0) is 49.2 Å². The van der Waals surface area contributed by atoms with Gasteiger partial charge in [-0.15, -0.1) is 0 Å². The fourth-order valence-electron chi connectivity index (χ4n) is 3.33. The van der Waals surface area contributed by atoms with Crippen molar-refractivity contribution >= 4 is 58.2 Å². The Labute approximate surface area is 189 Å². The van der Waals surface area contributed by atoms with Crippen LogP contribution in [0.4, 0.5) is 5.69 Å². The molecule has 2 aromatic carbocycles. The van der Waals surface area contributed by atoms with Crippen LogP contribution in [-0.4, -0.2) is 54.2 Å². The maximum absolute atomic E-state index is 13.0. The van der Waals surface area contributed by atoms with Gasteiger partial charge in [0.25, 0.3) is 11.8 Å². The minimum absolute atomic E-state index is 0.233. The fourth-order valence-corrected chi connectivity index (χ4v) is 3.96. The number of anilines is 1. The molecule has 1 aliphatic heterocycles. The predicted molar refractivity (Wildman–Crippen MR) is 119 cm³/mol. The predicted octanol–water partition coefficient (Wildman–Crippen LogP) is 4.59. The van der Waals surface area contributed by atoms with Crippen molar-refractivity contribution in [2.45, 2.75) is 18.9 Å². The molecule has 1 N–H and O–H groups in total. The molecule has 1 aliphatic rings. The van der Waals surface area contributed by atoms with E-state index in [1.165, 1.54) is 21.9 Å². The Kier molecular flexibility index (Phi) is 6.91. The molecule has 0 aliphatic carbocycles. The Bertz CT molecular complexity index is 1010. The normalized spacial score (nSPS) is 15.8. The van der Waals surface area contributed by atoms with E-state index < -0.39 is 6.04 Å². The zero-order chi connectivity index (χ0) is 22.0. The van der Waals surface area contributed by atoms with Gasteiger partial charge in [-0.25, -0.2) is 0 Å². The second-order valence-corrected chi connectivity index (χ2v) is 8.42. The molecular formula is C21H20Cl3N3O3. The third kappa shape index (κ3) is 4.72. The van der Waals surface area contributed by atoms with E-state index in [2.05, 4.69) is 5.32 Å².